The Morgan fingerprint density at radius 3 is 2.75 bits per heavy atom. The van der Waals surface area contributed by atoms with Crippen LogP contribution in [0.3, 0.4) is 0 Å². The van der Waals surface area contributed by atoms with E-state index in [0.29, 0.717) is 12.2 Å². The Labute approximate surface area is 117 Å². The molecule has 3 rings (SSSR count). The Bertz CT molecular complexity index is 747. The molecule has 100 valence electrons. The van der Waals surface area contributed by atoms with Crippen molar-refractivity contribution in [3.8, 4) is 0 Å². The highest BCUT2D eigenvalue weighted by molar-refractivity contribution is 5.98. The van der Waals surface area contributed by atoms with E-state index in [2.05, 4.69) is 10.3 Å². The van der Waals surface area contributed by atoms with Crippen molar-refractivity contribution < 1.29 is 4.79 Å². The lowest BCUT2D eigenvalue weighted by molar-refractivity contribution is 0.0942. The Balaban J connectivity index is 1.81. The maximum Gasteiger partial charge on any atom is 0.268 e. The third-order valence-electron chi connectivity index (χ3n) is 3.34. The maximum atomic E-state index is 12.2. The number of aryl methyl sites for hydroxylation is 1. The number of nitrogens with zero attached hydrogens (tertiary/aromatic N) is 2. The van der Waals surface area contributed by atoms with Gasteiger partial charge in [0.1, 0.15) is 5.69 Å². The van der Waals surface area contributed by atoms with E-state index in [0.717, 1.165) is 16.6 Å². The zero-order valence-corrected chi connectivity index (χ0v) is 11.2. The number of amides is 1. The lowest BCUT2D eigenvalue weighted by Crippen LogP contribution is -2.25. The van der Waals surface area contributed by atoms with E-state index in [1.54, 1.807) is 6.20 Å². The van der Waals surface area contributed by atoms with Crippen molar-refractivity contribution in [2.24, 2.45) is 7.05 Å². The third kappa shape index (κ3) is 2.28. The molecule has 1 N–H and O–H groups in total. The number of hydrogen-bond donors (Lipinski definition) is 1. The summed E-state index contributed by atoms with van der Waals surface area (Å²) in [5.41, 5.74) is 2.55. The van der Waals surface area contributed by atoms with Crippen LogP contribution in [0.5, 0.6) is 0 Å². The van der Waals surface area contributed by atoms with Gasteiger partial charge in [0.05, 0.1) is 12.2 Å². The van der Waals surface area contributed by atoms with Gasteiger partial charge in [-0.2, -0.15) is 0 Å². The van der Waals surface area contributed by atoms with Crippen LogP contribution in [0, 0.1) is 0 Å². The lowest BCUT2D eigenvalue weighted by Gasteiger charge is -2.06. The molecule has 0 saturated heterocycles. The highest BCUT2D eigenvalue weighted by Gasteiger charge is 2.12. The Morgan fingerprint density at radius 1 is 1.20 bits per heavy atom. The molecule has 4 heteroatoms. The van der Waals surface area contributed by atoms with Crippen LogP contribution in [0.15, 0.2) is 54.7 Å². The molecule has 0 bridgehead atoms. The van der Waals surface area contributed by atoms with Gasteiger partial charge >= 0.3 is 0 Å². The van der Waals surface area contributed by atoms with Crippen LogP contribution in [0.1, 0.15) is 16.2 Å². The van der Waals surface area contributed by atoms with Gasteiger partial charge in [0.25, 0.3) is 5.91 Å². The van der Waals surface area contributed by atoms with Gasteiger partial charge in [-0.25, -0.2) is 0 Å². The van der Waals surface area contributed by atoms with E-state index in [1.165, 1.54) is 0 Å². The first kappa shape index (κ1) is 12.4. The summed E-state index contributed by atoms with van der Waals surface area (Å²) in [4.78, 5) is 16.4. The quantitative estimate of drug-likeness (QED) is 0.791. The van der Waals surface area contributed by atoms with Gasteiger partial charge in [-0.3, -0.25) is 9.78 Å². The van der Waals surface area contributed by atoms with Crippen LogP contribution < -0.4 is 5.32 Å². The Hall–Kier alpha value is -2.62. The number of para-hydroxylation sites is 1. The summed E-state index contributed by atoms with van der Waals surface area (Å²) in [5, 5.41) is 3.96. The van der Waals surface area contributed by atoms with Gasteiger partial charge in [-0.1, -0.05) is 24.3 Å². The number of rotatable bonds is 3. The fraction of sp³-hybridized carbons (Fsp3) is 0.125. The number of carbonyl (C=O) groups is 1. The second-order valence-corrected chi connectivity index (χ2v) is 4.65. The molecule has 2 heterocycles. The molecule has 0 aliphatic rings. The van der Waals surface area contributed by atoms with Crippen molar-refractivity contribution >= 4 is 16.8 Å². The van der Waals surface area contributed by atoms with Crippen molar-refractivity contribution in [2.75, 3.05) is 0 Å². The van der Waals surface area contributed by atoms with Crippen LogP contribution >= 0.6 is 0 Å². The predicted octanol–water partition coefficient (Wildman–Crippen LogP) is 2.50. The summed E-state index contributed by atoms with van der Waals surface area (Å²) in [5.74, 6) is -0.0886. The molecular weight excluding hydrogens is 250 g/mol. The van der Waals surface area contributed by atoms with Gasteiger partial charge in [0, 0.05) is 24.1 Å². The van der Waals surface area contributed by atoms with E-state index in [1.807, 2.05) is 60.1 Å². The summed E-state index contributed by atoms with van der Waals surface area (Å²) < 4.78 is 1.91. The highest BCUT2D eigenvalue weighted by Crippen LogP contribution is 2.18. The first-order valence-corrected chi connectivity index (χ1v) is 6.48. The zero-order chi connectivity index (χ0) is 13.9. The van der Waals surface area contributed by atoms with E-state index < -0.39 is 0 Å². The monoisotopic (exact) mass is 265 g/mol. The van der Waals surface area contributed by atoms with E-state index in [-0.39, 0.29) is 5.91 Å². The normalized spacial score (nSPS) is 10.7. The van der Waals surface area contributed by atoms with Crippen molar-refractivity contribution in [3.63, 3.8) is 0 Å². The lowest BCUT2D eigenvalue weighted by atomic mass is 10.2. The molecule has 0 atom stereocenters. The average molecular weight is 265 g/mol. The molecule has 1 amide bonds. The molecule has 0 fully saturated rings. The predicted molar refractivity (Wildman–Crippen MR) is 78.3 cm³/mol. The third-order valence-corrected chi connectivity index (χ3v) is 3.34. The minimum absolute atomic E-state index is 0.0886. The standard InChI is InChI=1S/C16H15N3O/c1-19-14-8-3-2-6-12(14)10-15(19)16(20)18-11-13-7-4-5-9-17-13/h2-10H,11H2,1H3,(H,18,20). The van der Waals surface area contributed by atoms with E-state index in [9.17, 15) is 4.79 Å². The van der Waals surface area contributed by atoms with E-state index in [4.69, 9.17) is 0 Å². The molecule has 0 spiro atoms. The molecule has 0 unspecified atom stereocenters. The summed E-state index contributed by atoms with van der Waals surface area (Å²) >= 11 is 0. The molecule has 0 aliphatic carbocycles. The summed E-state index contributed by atoms with van der Waals surface area (Å²) in [7, 11) is 1.90. The number of carbonyl (C=O) groups excluding carboxylic acids is 1. The van der Waals surface area contributed by atoms with Crippen molar-refractivity contribution in [2.45, 2.75) is 6.54 Å². The number of aromatic nitrogens is 2. The second-order valence-electron chi connectivity index (χ2n) is 4.65. The molecule has 3 aromatic rings. The average Bonchev–Trinajstić information content (AvgIpc) is 2.84. The van der Waals surface area contributed by atoms with Crippen LogP contribution in [-0.4, -0.2) is 15.5 Å². The van der Waals surface area contributed by atoms with Gasteiger partial charge in [-0.15, -0.1) is 0 Å². The molecule has 4 nitrogen and oxygen atoms in total. The summed E-state index contributed by atoms with van der Waals surface area (Å²) in [6, 6.07) is 15.5. The smallest absolute Gasteiger partial charge is 0.268 e. The molecule has 20 heavy (non-hydrogen) atoms. The topological polar surface area (TPSA) is 46.9 Å². The van der Waals surface area contributed by atoms with Gasteiger partial charge in [0.15, 0.2) is 0 Å². The number of nitrogens with one attached hydrogen (secondary N) is 1. The highest BCUT2D eigenvalue weighted by atomic mass is 16.1. The number of fused-ring (bicyclic) bond motifs is 1. The minimum Gasteiger partial charge on any atom is -0.345 e. The van der Waals surface area contributed by atoms with Gasteiger partial charge in [0.2, 0.25) is 0 Å². The second kappa shape index (κ2) is 5.17. The zero-order valence-electron chi connectivity index (χ0n) is 11.2. The van der Waals surface area contributed by atoms with Crippen LogP contribution in [0.2, 0.25) is 0 Å². The largest absolute Gasteiger partial charge is 0.345 e. The fourth-order valence-electron chi connectivity index (χ4n) is 2.27. The summed E-state index contributed by atoms with van der Waals surface area (Å²) in [6.45, 7) is 0.432. The van der Waals surface area contributed by atoms with E-state index >= 15 is 0 Å². The van der Waals surface area contributed by atoms with Crippen LogP contribution in [0.25, 0.3) is 10.9 Å². The molecular formula is C16H15N3O. The van der Waals surface area contributed by atoms with Crippen molar-refractivity contribution in [1.29, 1.82) is 0 Å². The number of benzene rings is 1. The molecule has 2 aromatic heterocycles. The van der Waals surface area contributed by atoms with Gasteiger partial charge in [-0.05, 0) is 24.3 Å². The molecule has 1 aromatic carbocycles. The molecule has 0 saturated carbocycles. The fourth-order valence-corrected chi connectivity index (χ4v) is 2.27. The van der Waals surface area contributed by atoms with Gasteiger partial charge < -0.3 is 9.88 Å². The SMILES string of the molecule is Cn1c(C(=O)NCc2ccccn2)cc2ccccc21. The van der Waals surface area contributed by atoms with Crippen LogP contribution in [0.4, 0.5) is 0 Å². The number of hydrogen-bond acceptors (Lipinski definition) is 2. The summed E-state index contributed by atoms with van der Waals surface area (Å²) in [6.07, 6.45) is 1.72. The Kier molecular flexibility index (Phi) is 3.21. The Morgan fingerprint density at radius 2 is 2.00 bits per heavy atom. The van der Waals surface area contributed by atoms with Crippen molar-refractivity contribution in [3.05, 3.63) is 66.1 Å². The first-order valence-electron chi connectivity index (χ1n) is 6.48. The van der Waals surface area contributed by atoms with Crippen molar-refractivity contribution in [1.82, 2.24) is 14.9 Å². The first-order chi connectivity index (χ1) is 9.75. The maximum absolute atomic E-state index is 12.2. The minimum atomic E-state index is -0.0886. The molecule has 0 aliphatic heterocycles. The number of pyridine rings is 1. The molecule has 0 radical (unpaired) electrons. The van der Waals surface area contributed by atoms with Crippen LogP contribution in [-0.2, 0) is 13.6 Å².